The van der Waals surface area contributed by atoms with Crippen molar-refractivity contribution in [3.05, 3.63) is 83.7 Å². The number of hydrogen-bond acceptors (Lipinski definition) is 7. The summed E-state index contributed by atoms with van der Waals surface area (Å²) in [5, 5.41) is 0. The third-order valence-corrected chi connectivity index (χ3v) is 6.00. The van der Waals surface area contributed by atoms with Gasteiger partial charge in [0, 0.05) is 38.4 Å². The zero-order chi connectivity index (χ0) is 24.2. The minimum atomic E-state index is -0.198. The zero-order valence-electron chi connectivity index (χ0n) is 19.3. The molecule has 178 valence electrons. The number of rotatable bonds is 6. The Morgan fingerprint density at radius 2 is 1.89 bits per heavy atom. The Balaban J connectivity index is 1.18. The summed E-state index contributed by atoms with van der Waals surface area (Å²) in [5.74, 6) is 2.45. The third kappa shape index (κ3) is 4.96. The fraction of sp³-hybridized carbons (Fsp3) is 0.222. The van der Waals surface area contributed by atoms with Crippen LogP contribution in [-0.4, -0.2) is 61.5 Å². The van der Waals surface area contributed by atoms with Gasteiger partial charge in [-0.3, -0.25) is 9.59 Å². The average molecular weight is 472 g/mol. The Bertz CT molecular complexity index is 1270. The summed E-state index contributed by atoms with van der Waals surface area (Å²) in [6, 6.07) is 18.2. The number of benzene rings is 2. The summed E-state index contributed by atoms with van der Waals surface area (Å²) in [6.45, 7) is 2.58. The second kappa shape index (κ2) is 9.89. The highest BCUT2D eigenvalue weighted by atomic mass is 16.5. The summed E-state index contributed by atoms with van der Waals surface area (Å²) < 4.78 is 16.8. The monoisotopic (exact) mass is 471 g/mol. The molecular formula is C27H25N3O5. The van der Waals surface area contributed by atoms with Crippen LogP contribution in [0.1, 0.15) is 15.9 Å². The largest absolute Gasteiger partial charge is 0.497 e. The first-order chi connectivity index (χ1) is 17.1. The molecule has 1 fully saturated rings. The highest BCUT2D eigenvalue weighted by Crippen LogP contribution is 2.35. The lowest BCUT2D eigenvalue weighted by Crippen LogP contribution is -2.50. The number of Topliss-reactive ketones (excluding diaryl/α,β-unsaturated/α-hetero) is 1. The van der Waals surface area contributed by atoms with Gasteiger partial charge in [-0.15, -0.1) is 0 Å². The summed E-state index contributed by atoms with van der Waals surface area (Å²) >= 11 is 0. The van der Waals surface area contributed by atoms with E-state index in [1.807, 2.05) is 42.5 Å². The van der Waals surface area contributed by atoms with Crippen LogP contribution in [-0.2, 0) is 4.79 Å². The highest BCUT2D eigenvalue weighted by molar-refractivity contribution is 6.14. The first kappa shape index (κ1) is 22.5. The molecule has 0 saturated carbocycles. The van der Waals surface area contributed by atoms with E-state index in [1.165, 1.54) is 0 Å². The number of amides is 1. The van der Waals surface area contributed by atoms with Crippen LogP contribution < -0.4 is 19.1 Å². The molecule has 0 radical (unpaired) electrons. The molecule has 1 amide bonds. The molecule has 0 aliphatic carbocycles. The van der Waals surface area contributed by atoms with Crippen molar-refractivity contribution in [1.29, 1.82) is 0 Å². The van der Waals surface area contributed by atoms with E-state index in [2.05, 4.69) is 9.88 Å². The van der Waals surface area contributed by atoms with Crippen molar-refractivity contribution < 1.29 is 23.8 Å². The second-order valence-corrected chi connectivity index (χ2v) is 8.22. The lowest BCUT2D eigenvalue weighted by molar-refractivity contribution is -0.133. The summed E-state index contributed by atoms with van der Waals surface area (Å²) in [7, 11) is 1.59. The van der Waals surface area contributed by atoms with E-state index in [-0.39, 0.29) is 24.1 Å². The normalized spacial score (nSPS) is 16.1. The van der Waals surface area contributed by atoms with Gasteiger partial charge in [0.15, 0.2) is 12.4 Å². The van der Waals surface area contributed by atoms with E-state index in [9.17, 15) is 9.59 Å². The van der Waals surface area contributed by atoms with Crippen LogP contribution in [0.15, 0.2) is 72.6 Å². The van der Waals surface area contributed by atoms with Crippen LogP contribution in [0.5, 0.6) is 17.2 Å². The molecule has 0 bridgehead atoms. The molecule has 0 unspecified atom stereocenters. The Morgan fingerprint density at radius 3 is 2.66 bits per heavy atom. The molecule has 1 aromatic heterocycles. The lowest BCUT2D eigenvalue weighted by atomic mass is 10.1. The number of carbonyl (C=O) groups is 2. The van der Waals surface area contributed by atoms with Crippen molar-refractivity contribution in [2.45, 2.75) is 0 Å². The average Bonchev–Trinajstić information content (AvgIpc) is 3.22. The van der Waals surface area contributed by atoms with Gasteiger partial charge in [-0.1, -0.05) is 18.2 Å². The number of nitrogens with zero attached hydrogens (tertiary/aromatic N) is 3. The molecule has 2 aromatic carbocycles. The van der Waals surface area contributed by atoms with Crippen LogP contribution in [0.3, 0.4) is 0 Å². The van der Waals surface area contributed by atoms with Gasteiger partial charge in [0.1, 0.15) is 23.1 Å². The van der Waals surface area contributed by atoms with E-state index in [0.717, 1.165) is 24.5 Å². The Kier molecular flexibility index (Phi) is 6.34. The number of anilines is 1. The van der Waals surface area contributed by atoms with E-state index in [1.54, 1.807) is 42.5 Å². The van der Waals surface area contributed by atoms with Crippen molar-refractivity contribution in [2.75, 3.05) is 44.8 Å². The predicted octanol–water partition coefficient (Wildman–Crippen LogP) is 3.43. The maximum absolute atomic E-state index is 12.7. The van der Waals surface area contributed by atoms with Gasteiger partial charge in [-0.2, -0.15) is 0 Å². The molecule has 8 heteroatoms. The number of hydrogen-bond donors (Lipinski definition) is 0. The van der Waals surface area contributed by atoms with E-state index in [0.29, 0.717) is 35.9 Å². The zero-order valence-corrected chi connectivity index (χ0v) is 19.3. The number of piperazine rings is 1. The topological polar surface area (TPSA) is 81.2 Å². The Morgan fingerprint density at radius 1 is 1.03 bits per heavy atom. The minimum absolute atomic E-state index is 0.0805. The number of allylic oxidation sites excluding steroid dienone is 1. The van der Waals surface area contributed by atoms with Gasteiger partial charge in [0.2, 0.25) is 5.78 Å². The highest BCUT2D eigenvalue weighted by Gasteiger charge is 2.28. The first-order valence-corrected chi connectivity index (χ1v) is 11.4. The fourth-order valence-corrected chi connectivity index (χ4v) is 4.10. The van der Waals surface area contributed by atoms with Crippen molar-refractivity contribution in [2.24, 2.45) is 0 Å². The van der Waals surface area contributed by atoms with Gasteiger partial charge in [-0.05, 0) is 48.0 Å². The van der Waals surface area contributed by atoms with Gasteiger partial charge in [0.25, 0.3) is 5.91 Å². The lowest BCUT2D eigenvalue weighted by Gasteiger charge is -2.35. The number of aromatic nitrogens is 1. The molecular weight excluding hydrogens is 446 g/mol. The molecule has 3 aromatic rings. The number of methoxy groups -OCH3 is 1. The molecule has 3 heterocycles. The van der Waals surface area contributed by atoms with Gasteiger partial charge >= 0.3 is 0 Å². The second-order valence-electron chi connectivity index (χ2n) is 8.22. The van der Waals surface area contributed by atoms with Crippen molar-refractivity contribution in [3.8, 4) is 17.2 Å². The van der Waals surface area contributed by atoms with Crippen LogP contribution in [0.25, 0.3) is 6.08 Å². The summed E-state index contributed by atoms with van der Waals surface area (Å²) in [4.78, 5) is 33.7. The van der Waals surface area contributed by atoms with Gasteiger partial charge in [0.05, 0.1) is 12.7 Å². The smallest absolute Gasteiger partial charge is 0.260 e. The maximum atomic E-state index is 12.7. The third-order valence-electron chi connectivity index (χ3n) is 6.00. The summed E-state index contributed by atoms with van der Waals surface area (Å²) in [6.07, 6.45) is 3.45. The standard InChI is InChI=1S/C27H25N3O5/c1-33-20-6-4-5-19(15-20)16-24-27(32)22-9-8-21(17-23(22)35-24)34-18-26(31)30-13-11-29(12-14-30)25-7-2-3-10-28-25/h2-10,15-17H,11-14,18H2,1H3. The van der Waals surface area contributed by atoms with Gasteiger partial charge in [-0.25, -0.2) is 4.98 Å². The maximum Gasteiger partial charge on any atom is 0.260 e. The first-order valence-electron chi connectivity index (χ1n) is 11.4. The van der Waals surface area contributed by atoms with Crippen LogP contribution in [0.4, 0.5) is 5.82 Å². The van der Waals surface area contributed by atoms with Crippen molar-refractivity contribution in [3.63, 3.8) is 0 Å². The Hall–Kier alpha value is -4.33. The number of carbonyl (C=O) groups excluding carboxylic acids is 2. The SMILES string of the molecule is COc1cccc(C=C2Oc3cc(OCC(=O)N4CCN(c5ccccn5)CC4)ccc3C2=O)c1. The van der Waals surface area contributed by atoms with E-state index in [4.69, 9.17) is 14.2 Å². The summed E-state index contributed by atoms with van der Waals surface area (Å²) in [5.41, 5.74) is 1.26. The molecule has 0 atom stereocenters. The number of ketones is 1. The molecule has 1 saturated heterocycles. The quantitative estimate of drug-likeness (QED) is 0.510. The number of pyridine rings is 1. The molecule has 2 aliphatic heterocycles. The molecule has 0 N–H and O–H groups in total. The predicted molar refractivity (Wildman–Crippen MR) is 131 cm³/mol. The Labute approximate surface area is 203 Å². The van der Waals surface area contributed by atoms with E-state index >= 15 is 0 Å². The molecule has 8 nitrogen and oxygen atoms in total. The van der Waals surface area contributed by atoms with Gasteiger partial charge < -0.3 is 24.0 Å². The molecule has 5 rings (SSSR count). The number of fused-ring (bicyclic) bond motifs is 1. The molecule has 2 aliphatic rings. The fourth-order valence-electron chi connectivity index (χ4n) is 4.10. The van der Waals surface area contributed by atoms with Crippen LogP contribution in [0.2, 0.25) is 0 Å². The van der Waals surface area contributed by atoms with Crippen LogP contribution >= 0.6 is 0 Å². The number of ether oxygens (including phenoxy) is 3. The van der Waals surface area contributed by atoms with Crippen molar-refractivity contribution in [1.82, 2.24) is 9.88 Å². The van der Waals surface area contributed by atoms with E-state index < -0.39 is 0 Å². The molecule has 0 spiro atoms. The minimum Gasteiger partial charge on any atom is -0.497 e. The van der Waals surface area contributed by atoms with Crippen LogP contribution in [0, 0.1) is 0 Å². The molecule has 35 heavy (non-hydrogen) atoms. The van der Waals surface area contributed by atoms with Crippen molar-refractivity contribution >= 4 is 23.6 Å².